The van der Waals surface area contributed by atoms with Crippen LogP contribution in [0.25, 0.3) is 0 Å². The van der Waals surface area contributed by atoms with E-state index in [9.17, 15) is 32.3 Å². The third-order valence-electron chi connectivity index (χ3n) is 5.33. The van der Waals surface area contributed by atoms with Crippen LogP contribution in [0.2, 0.25) is 0 Å². The molecule has 2 aromatic rings. The summed E-state index contributed by atoms with van der Waals surface area (Å²) in [7, 11) is 0. The maximum Gasteiger partial charge on any atom is 0.423 e. The minimum absolute atomic E-state index is 0.0853. The third-order valence-corrected chi connectivity index (χ3v) is 5.33. The molecule has 0 saturated carbocycles. The number of benzene rings is 1. The summed E-state index contributed by atoms with van der Waals surface area (Å²) in [6.07, 6.45) is -2.66. The highest BCUT2D eigenvalue weighted by atomic mass is 19.4. The van der Waals surface area contributed by atoms with Crippen molar-refractivity contribution in [2.45, 2.75) is 38.0 Å². The Kier molecular flexibility index (Phi) is 8.66. The number of aromatic amines is 1. The van der Waals surface area contributed by atoms with Crippen LogP contribution in [0.3, 0.4) is 0 Å². The van der Waals surface area contributed by atoms with Crippen molar-refractivity contribution >= 4 is 11.9 Å². The van der Waals surface area contributed by atoms with Crippen molar-refractivity contribution in [1.29, 1.82) is 0 Å². The van der Waals surface area contributed by atoms with Gasteiger partial charge in [-0.2, -0.15) is 13.2 Å². The Labute approximate surface area is 208 Å². The van der Waals surface area contributed by atoms with E-state index in [0.717, 1.165) is 0 Å². The quantitative estimate of drug-likeness (QED) is 0.323. The van der Waals surface area contributed by atoms with Gasteiger partial charge in [0.05, 0.1) is 11.1 Å². The van der Waals surface area contributed by atoms with Gasteiger partial charge in [0.1, 0.15) is 30.6 Å². The normalized spacial score (nSPS) is 20.1. The van der Waals surface area contributed by atoms with Gasteiger partial charge in [-0.3, -0.25) is 14.3 Å². The average molecular weight is 520 g/mol. The van der Waals surface area contributed by atoms with Crippen molar-refractivity contribution < 1.29 is 37.0 Å². The zero-order chi connectivity index (χ0) is 27.2. The van der Waals surface area contributed by atoms with Crippen LogP contribution >= 0.6 is 0 Å². The number of hydrogen-bond donors (Lipinski definition) is 1. The second-order valence-corrected chi connectivity index (χ2v) is 7.83. The molecule has 3 atom stereocenters. The molecule has 1 fully saturated rings. The zero-order valence-corrected chi connectivity index (χ0v) is 19.6. The van der Waals surface area contributed by atoms with Gasteiger partial charge in [0.25, 0.3) is 5.56 Å². The Bertz CT molecular complexity index is 1330. The topological polar surface area (TPSA) is 117 Å². The summed E-state index contributed by atoms with van der Waals surface area (Å²) in [5.41, 5.74) is -4.04. The van der Waals surface area contributed by atoms with Crippen molar-refractivity contribution in [1.82, 2.24) is 9.55 Å². The summed E-state index contributed by atoms with van der Waals surface area (Å²) in [6.45, 7) is 4.84. The summed E-state index contributed by atoms with van der Waals surface area (Å²) in [5.74, 6) is -1.52. The minimum Gasteiger partial charge on any atom is -0.459 e. The number of hydrogen-bond acceptors (Lipinski definition) is 7. The molecule has 12 heteroatoms. The molecule has 2 heterocycles. The fraction of sp³-hybridized carbons (Fsp3) is 0.280. The molecule has 1 aliphatic heterocycles. The smallest absolute Gasteiger partial charge is 0.423 e. The SMILES string of the molecule is C=C/C(=C\C=C/C)C(=O)O[C@@H]1C[C@H](n2cc(C(F)(F)F)c(=O)[nH]c2=O)OC1COC(=O)c1ccccc1. The highest BCUT2D eigenvalue weighted by molar-refractivity contribution is 5.92. The molecule has 37 heavy (non-hydrogen) atoms. The number of nitrogens with zero attached hydrogens (tertiary/aromatic N) is 1. The largest absolute Gasteiger partial charge is 0.459 e. The van der Waals surface area contributed by atoms with E-state index in [2.05, 4.69) is 6.58 Å². The number of ether oxygens (including phenoxy) is 3. The van der Waals surface area contributed by atoms with Gasteiger partial charge in [0.15, 0.2) is 0 Å². The number of alkyl halides is 3. The van der Waals surface area contributed by atoms with Crippen LogP contribution in [0, 0.1) is 0 Å². The number of allylic oxidation sites excluding steroid dienone is 3. The van der Waals surface area contributed by atoms with Crippen LogP contribution in [0.5, 0.6) is 0 Å². The first-order valence-corrected chi connectivity index (χ1v) is 11.0. The highest BCUT2D eigenvalue weighted by Gasteiger charge is 2.42. The molecule has 1 aromatic carbocycles. The maximum absolute atomic E-state index is 13.2. The van der Waals surface area contributed by atoms with E-state index in [1.807, 2.05) is 0 Å². The number of carbonyl (C=O) groups excluding carboxylic acids is 2. The Morgan fingerprint density at radius 1 is 1.24 bits per heavy atom. The molecule has 0 radical (unpaired) electrons. The summed E-state index contributed by atoms with van der Waals surface area (Å²) >= 11 is 0. The Hall–Kier alpha value is -4.19. The van der Waals surface area contributed by atoms with Crippen molar-refractivity contribution in [3.63, 3.8) is 0 Å². The Morgan fingerprint density at radius 2 is 1.95 bits per heavy atom. The monoisotopic (exact) mass is 520 g/mol. The van der Waals surface area contributed by atoms with Crippen LogP contribution in [0.1, 0.15) is 35.5 Å². The number of H-pyrrole nitrogens is 1. The van der Waals surface area contributed by atoms with Gasteiger partial charge in [-0.05, 0) is 25.1 Å². The van der Waals surface area contributed by atoms with Crippen LogP contribution in [0.15, 0.2) is 82.6 Å². The first kappa shape index (κ1) is 27.4. The fourth-order valence-corrected chi connectivity index (χ4v) is 3.49. The number of halogens is 3. The zero-order valence-electron chi connectivity index (χ0n) is 19.6. The van der Waals surface area contributed by atoms with Gasteiger partial charge >= 0.3 is 23.8 Å². The third kappa shape index (κ3) is 6.73. The number of aromatic nitrogens is 2. The number of esters is 2. The average Bonchev–Trinajstić information content (AvgIpc) is 3.24. The number of carbonyl (C=O) groups is 2. The van der Waals surface area contributed by atoms with Gasteiger partial charge in [-0.15, -0.1) is 0 Å². The van der Waals surface area contributed by atoms with Crippen molar-refractivity contribution in [2.24, 2.45) is 0 Å². The fourth-order valence-electron chi connectivity index (χ4n) is 3.49. The summed E-state index contributed by atoms with van der Waals surface area (Å²) in [6, 6.07) is 7.97. The van der Waals surface area contributed by atoms with Gasteiger partial charge in [-0.1, -0.05) is 43.0 Å². The molecule has 196 valence electrons. The lowest BCUT2D eigenvalue weighted by molar-refractivity contribution is -0.148. The van der Waals surface area contributed by atoms with E-state index >= 15 is 0 Å². The van der Waals surface area contributed by atoms with Crippen molar-refractivity contribution in [2.75, 3.05) is 6.61 Å². The van der Waals surface area contributed by atoms with Crippen LogP contribution in [-0.4, -0.2) is 40.3 Å². The number of rotatable bonds is 8. The maximum atomic E-state index is 13.2. The van der Waals surface area contributed by atoms with E-state index in [-0.39, 0.29) is 17.6 Å². The second kappa shape index (κ2) is 11.7. The van der Waals surface area contributed by atoms with E-state index in [1.54, 1.807) is 42.3 Å². The second-order valence-electron chi connectivity index (χ2n) is 7.83. The first-order valence-electron chi connectivity index (χ1n) is 11.0. The minimum atomic E-state index is -5.03. The lowest BCUT2D eigenvalue weighted by Crippen LogP contribution is -2.36. The van der Waals surface area contributed by atoms with Crippen LogP contribution < -0.4 is 11.2 Å². The standard InChI is InChI=1S/C25H23F3N2O7/c1-3-5-9-15(4-2)23(33)37-18-12-20(30-13-17(25(26,27)28)21(31)29-24(30)34)36-19(18)14-35-22(32)16-10-7-6-8-11-16/h3-11,13,18-20H,2,12,14H2,1H3,(H,29,31,34)/b5-3-,15-9+/t18-,19?,20-/m1/s1. The van der Waals surface area contributed by atoms with Gasteiger partial charge in [0, 0.05) is 12.6 Å². The predicted molar refractivity (Wildman–Crippen MR) is 125 cm³/mol. The van der Waals surface area contributed by atoms with Crippen molar-refractivity contribution in [3.05, 3.63) is 105 Å². The Morgan fingerprint density at radius 3 is 2.57 bits per heavy atom. The highest BCUT2D eigenvalue weighted by Crippen LogP contribution is 2.32. The summed E-state index contributed by atoms with van der Waals surface area (Å²) < 4.78 is 56.7. The molecule has 1 aromatic heterocycles. The molecule has 0 aliphatic carbocycles. The van der Waals surface area contributed by atoms with E-state index < -0.39 is 60.0 Å². The first-order chi connectivity index (χ1) is 17.5. The lowest BCUT2D eigenvalue weighted by atomic mass is 10.1. The molecule has 0 bridgehead atoms. The molecule has 1 aliphatic rings. The summed E-state index contributed by atoms with van der Waals surface area (Å²) in [4.78, 5) is 50.6. The molecule has 1 unspecified atom stereocenters. The van der Waals surface area contributed by atoms with Crippen LogP contribution in [-0.2, 0) is 25.2 Å². The van der Waals surface area contributed by atoms with E-state index in [4.69, 9.17) is 14.2 Å². The molecule has 3 rings (SSSR count). The van der Waals surface area contributed by atoms with E-state index in [1.165, 1.54) is 24.3 Å². The molecule has 0 spiro atoms. The Balaban J connectivity index is 1.88. The van der Waals surface area contributed by atoms with Gasteiger partial charge in [0.2, 0.25) is 0 Å². The van der Waals surface area contributed by atoms with Gasteiger partial charge < -0.3 is 14.2 Å². The van der Waals surface area contributed by atoms with Crippen LogP contribution in [0.4, 0.5) is 13.2 Å². The molecule has 1 N–H and O–H groups in total. The molecule has 9 nitrogen and oxygen atoms in total. The number of nitrogens with one attached hydrogen (secondary N) is 1. The molecule has 0 amide bonds. The van der Waals surface area contributed by atoms with Crippen molar-refractivity contribution in [3.8, 4) is 0 Å². The van der Waals surface area contributed by atoms with E-state index in [0.29, 0.717) is 10.8 Å². The lowest BCUT2D eigenvalue weighted by Gasteiger charge is -2.19. The predicted octanol–water partition coefficient (Wildman–Crippen LogP) is 3.30. The summed E-state index contributed by atoms with van der Waals surface area (Å²) in [5, 5.41) is 0. The molecular formula is C25H23F3N2O7. The molecular weight excluding hydrogens is 497 g/mol. The molecule has 1 saturated heterocycles. The van der Waals surface area contributed by atoms with Gasteiger partial charge in [-0.25, -0.2) is 14.4 Å².